The summed E-state index contributed by atoms with van der Waals surface area (Å²) in [5.41, 5.74) is 0.299. The fourth-order valence-corrected chi connectivity index (χ4v) is 2.86. The molecule has 1 amide bonds. The number of benzene rings is 2. The van der Waals surface area contributed by atoms with Crippen molar-refractivity contribution in [2.24, 2.45) is 0 Å². The van der Waals surface area contributed by atoms with Crippen molar-refractivity contribution in [3.63, 3.8) is 0 Å². The molecule has 1 heterocycles. The van der Waals surface area contributed by atoms with Crippen LogP contribution in [0.1, 0.15) is 5.56 Å². The zero-order valence-electron chi connectivity index (χ0n) is 15.6. The molecule has 0 saturated heterocycles. The molecule has 0 atom stereocenters. The summed E-state index contributed by atoms with van der Waals surface area (Å²) in [6.07, 6.45) is 1.67. The molecule has 3 aromatic rings. The summed E-state index contributed by atoms with van der Waals surface area (Å²) < 4.78 is 6.72. The van der Waals surface area contributed by atoms with Gasteiger partial charge in [0.25, 0.3) is 5.56 Å². The van der Waals surface area contributed by atoms with Crippen molar-refractivity contribution in [3.8, 4) is 5.75 Å². The van der Waals surface area contributed by atoms with Gasteiger partial charge in [-0.1, -0.05) is 36.9 Å². The number of H-pyrrole nitrogens is 1. The van der Waals surface area contributed by atoms with Crippen LogP contribution >= 0.6 is 0 Å². The van der Waals surface area contributed by atoms with Gasteiger partial charge in [-0.3, -0.25) is 19.1 Å². The summed E-state index contributed by atoms with van der Waals surface area (Å²) in [7, 11) is 1.67. The zero-order valence-corrected chi connectivity index (χ0v) is 15.6. The highest BCUT2D eigenvalue weighted by Crippen LogP contribution is 2.14. The van der Waals surface area contributed by atoms with E-state index in [1.807, 2.05) is 24.3 Å². The second-order valence-electron chi connectivity index (χ2n) is 6.36. The molecule has 144 valence electrons. The van der Waals surface area contributed by atoms with E-state index in [0.29, 0.717) is 24.1 Å². The number of carbonyl (C=O) groups is 1. The Bertz CT molecular complexity index is 1110. The Morgan fingerprint density at radius 2 is 1.89 bits per heavy atom. The predicted molar refractivity (Wildman–Crippen MR) is 107 cm³/mol. The van der Waals surface area contributed by atoms with Gasteiger partial charge in [-0.2, -0.15) is 0 Å². The highest BCUT2D eigenvalue weighted by Gasteiger charge is 2.14. The van der Waals surface area contributed by atoms with E-state index in [-0.39, 0.29) is 12.5 Å². The van der Waals surface area contributed by atoms with Gasteiger partial charge in [-0.05, 0) is 29.8 Å². The minimum absolute atomic E-state index is 0.160. The number of amides is 1. The number of aromatic amines is 1. The van der Waals surface area contributed by atoms with Gasteiger partial charge < -0.3 is 9.64 Å². The Morgan fingerprint density at radius 3 is 2.61 bits per heavy atom. The van der Waals surface area contributed by atoms with Crippen LogP contribution in [0.3, 0.4) is 0 Å². The van der Waals surface area contributed by atoms with Crippen molar-refractivity contribution >= 4 is 16.8 Å². The van der Waals surface area contributed by atoms with E-state index in [1.54, 1.807) is 37.4 Å². The molecule has 28 heavy (non-hydrogen) atoms. The number of ether oxygens (including phenoxy) is 1. The quantitative estimate of drug-likeness (QED) is 0.636. The smallest absolute Gasteiger partial charge is 0.329 e. The molecule has 0 bridgehead atoms. The molecule has 0 unspecified atom stereocenters. The lowest BCUT2D eigenvalue weighted by Gasteiger charge is -2.19. The van der Waals surface area contributed by atoms with Crippen LogP contribution < -0.4 is 16.0 Å². The third kappa shape index (κ3) is 4.20. The van der Waals surface area contributed by atoms with Gasteiger partial charge in [0.1, 0.15) is 18.9 Å². The fourth-order valence-electron chi connectivity index (χ4n) is 2.86. The largest absolute Gasteiger partial charge is 0.490 e. The molecule has 0 saturated carbocycles. The number of aromatic nitrogens is 2. The lowest BCUT2D eigenvalue weighted by molar-refractivity contribution is -0.131. The molecule has 1 aromatic heterocycles. The maximum atomic E-state index is 12.6. The van der Waals surface area contributed by atoms with Crippen molar-refractivity contribution in [1.82, 2.24) is 14.5 Å². The van der Waals surface area contributed by atoms with E-state index in [2.05, 4.69) is 11.6 Å². The molecular formula is C21H21N3O4. The fraction of sp³-hybridized carbons (Fsp3) is 0.190. The predicted octanol–water partition coefficient (Wildman–Crippen LogP) is 1.91. The lowest BCUT2D eigenvalue weighted by Crippen LogP contribution is -2.37. The van der Waals surface area contributed by atoms with Crippen LogP contribution in [-0.2, 0) is 17.9 Å². The first-order chi connectivity index (χ1) is 13.5. The Hall–Kier alpha value is -3.61. The van der Waals surface area contributed by atoms with E-state index < -0.39 is 11.2 Å². The maximum Gasteiger partial charge on any atom is 0.329 e. The summed E-state index contributed by atoms with van der Waals surface area (Å²) >= 11 is 0. The molecule has 0 spiro atoms. The zero-order chi connectivity index (χ0) is 20.1. The number of likely N-dealkylation sites (N-methyl/N-ethyl adjacent to an activating group) is 1. The molecule has 0 aliphatic rings. The summed E-state index contributed by atoms with van der Waals surface area (Å²) in [6.45, 7) is 4.26. The number of para-hydroxylation sites is 1. The van der Waals surface area contributed by atoms with Gasteiger partial charge >= 0.3 is 5.69 Å². The average molecular weight is 379 g/mol. The molecule has 0 radical (unpaired) electrons. The van der Waals surface area contributed by atoms with Gasteiger partial charge in [0.05, 0.1) is 10.9 Å². The van der Waals surface area contributed by atoms with Crippen molar-refractivity contribution in [3.05, 3.63) is 87.6 Å². The number of nitrogens with zero attached hydrogens (tertiary/aromatic N) is 2. The third-order valence-corrected chi connectivity index (χ3v) is 4.34. The number of rotatable bonds is 7. The SMILES string of the molecule is C=CCOc1ccc(CN(C)C(=O)Cn2c(=O)[nH]c(=O)c3ccccc32)cc1. The van der Waals surface area contributed by atoms with Crippen LogP contribution in [0.2, 0.25) is 0 Å². The van der Waals surface area contributed by atoms with E-state index >= 15 is 0 Å². The number of hydrogen-bond donors (Lipinski definition) is 1. The number of carbonyl (C=O) groups excluding carboxylic acids is 1. The van der Waals surface area contributed by atoms with E-state index in [9.17, 15) is 14.4 Å². The first-order valence-corrected chi connectivity index (χ1v) is 8.78. The second kappa shape index (κ2) is 8.39. The van der Waals surface area contributed by atoms with Crippen molar-refractivity contribution < 1.29 is 9.53 Å². The van der Waals surface area contributed by atoms with E-state index in [1.165, 1.54) is 9.47 Å². The Labute approximate surface area is 161 Å². The van der Waals surface area contributed by atoms with Gasteiger partial charge in [0.2, 0.25) is 5.91 Å². The molecular weight excluding hydrogens is 358 g/mol. The molecule has 2 aromatic carbocycles. The summed E-state index contributed by atoms with van der Waals surface area (Å²) in [5.74, 6) is 0.482. The van der Waals surface area contributed by atoms with Crippen LogP contribution in [-0.4, -0.2) is 34.0 Å². The Kier molecular flexibility index (Phi) is 5.74. The number of fused-ring (bicyclic) bond motifs is 1. The third-order valence-electron chi connectivity index (χ3n) is 4.34. The van der Waals surface area contributed by atoms with Crippen LogP contribution in [0.5, 0.6) is 5.75 Å². The summed E-state index contributed by atoms with van der Waals surface area (Å²) in [4.78, 5) is 40.6. The monoisotopic (exact) mass is 379 g/mol. The Morgan fingerprint density at radius 1 is 1.18 bits per heavy atom. The molecule has 7 heteroatoms. The first kappa shape index (κ1) is 19.2. The number of nitrogens with one attached hydrogen (secondary N) is 1. The average Bonchev–Trinajstić information content (AvgIpc) is 2.70. The molecule has 7 nitrogen and oxygen atoms in total. The highest BCUT2D eigenvalue weighted by atomic mass is 16.5. The molecule has 0 fully saturated rings. The van der Waals surface area contributed by atoms with Crippen molar-refractivity contribution in [1.29, 1.82) is 0 Å². The standard InChI is InChI=1S/C21H21N3O4/c1-3-12-28-16-10-8-15(9-11-16)13-23(2)19(25)14-24-18-7-5-4-6-17(18)20(26)22-21(24)27/h3-11H,1,12-14H2,2H3,(H,22,26,27). The number of hydrogen-bond acceptors (Lipinski definition) is 4. The van der Waals surface area contributed by atoms with Crippen molar-refractivity contribution in [2.75, 3.05) is 13.7 Å². The van der Waals surface area contributed by atoms with Gasteiger partial charge in [0.15, 0.2) is 0 Å². The molecule has 0 aliphatic carbocycles. The van der Waals surface area contributed by atoms with Crippen molar-refractivity contribution in [2.45, 2.75) is 13.1 Å². The summed E-state index contributed by atoms with van der Waals surface area (Å²) in [6, 6.07) is 14.1. The molecule has 1 N–H and O–H groups in total. The van der Waals surface area contributed by atoms with Crippen LogP contribution in [0, 0.1) is 0 Å². The minimum atomic E-state index is -0.603. The normalized spacial score (nSPS) is 10.6. The van der Waals surface area contributed by atoms with Crippen LogP contribution in [0.25, 0.3) is 10.9 Å². The van der Waals surface area contributed by atoms with E-state index in [4.69, 9.17) is 4.74 Å². The van der Waals surface area contributed by atoms with E-state index in [0.717, 1.165) is 11.3 Å². The topological polar surface area (TPSA) is 84.4 Å². The maximum absolute atomic E-state index is 12.6. The first-order valence-electron chi connectivity index (χ1n) is 8.78. The van der Waals surface area contributed by atoms with Gasteiger partial charge in [-0.15, -0.1) is 0 Å². The Balaban J connectivity index is 1.75. The highest BCUT2D eigenvalue weighted by molar-refractivity contribution is 5.81. The lowest BCUT2D eigenvalue weighted by atomic mass is 10.2. The molecule has 0 aliphatic heterocycles. The second-order valence-corrected chi connectivity index (χ2v) is 6.36. The minimum Gasteiger partial charge on any atom is -0.490 e. The summed E-state index contributed by atoms with van der Waals surface area (Å²) in [5, 5.41) is 0.368. The molecule has 3 rings (SSSR count). The van der Waals surface area contributed by atoms with Gasteiger partial charge in [0, 0.05) is 13.6 Å². The van der Waals surface area contributed by atoms with Crippen LogP contribution in [0.15, 0.2) is 70.8 Å². The van der Waals surface area contributed by atoms with Gasteiger partial charge in [-0.25, -0.2) is 4.79 Å². The van der Waals surface area contributed by atoms with Crippen LogP contribution in [0.4, 0.5) is 0 Å².